The number of carboxylic acids is 1. The van der Waals surface area contributed by atoms with Crippen LogP contribution in [0.4, 0.5) is 0 Å². The van der Waals surface area contributed by atoms with Crippen LogP contribution in [0, 0.1) is 11.3 Å². The quantitative estimate of drug-likeness (QED) is 0.732. The predicted octanol–water partition coefficient (Wildman–Crippen LogP) is 0.693. The third-order valence-corrected chi connectivity index (χ3v) is 1.80. The number of nitrogens with two attached hydrogens (primary N) is 1. The van der Waals surface area contributed by atoms with Gasteiger partial charge in [0.25, 0.3) is 0 Å². The van der Waals surface area contributed by atoms with Crippen LogP contribution < -0.4 is 5.73 Å². The Morgan fingerprint density at radius 1 is 1.79 bits per heavy atom. The Balaban J connectivity index is 3.08. The Morgan fingerprint density at radius 2 is 2.50 bits per heavy atom. The van der Waals surface area contributed by atoms with Crippen LogP contribution in [0.25, 0.3) is 0 Å². The number of carboxylic acid groups (broad SMARTS) is 1. The standard InChI is InChI=1S/C9H9N3O2/c10-3-1-8(11)6-2-4-12-5-7(6)9(13)14/h2,4-5,8H,1,11H2,(H,13,14)/t8-/m1/s1. The second kappa shape index (κ2) is 4.35. The molecule has 5 heteroatoms. The van der Waals surface area contributed by atoms with Crippen LogP contribution >= 0.6 is 0 Å². The van der Waals surface area contributed by atoms with Crippen molar-refractivity contribution in [1.29, 1.82) is 5.26 Å². The van der Waals surface area contributed by atoms with Crippen molar-refractivity contribution in [2.75, 3.05) is 0 Å². The summed E-state index contributed by atoms with van der Waals surface area (Å²) >= 11 is 0. The monoisotopic (exact) mass is 191 g/mol. The van der Waals surface area contributed by atoms with E-state index in [0.717, 1.165) is 0 Å². The highest BCUT2D eigenvalue weighted by atomic mass is 16.4. The first-order valence-electron chi connectivity index (χ1n) is 3.96. The Morgan fingerprint density at radius 3 is 3.07 bits per heavy atom. The highest BCUT2D eigenvalue weighted by Gasteiger charge is 2.15. The van der Waals surface area contributed by atoms with Crippen molar-refractivity contribution in [2.24, 2.45) is 5.73 Å². The van der Waals surface area contributed by atoms with E-state index in [-0.39, 0.29) is 12.0 Å². The van der Waals surface area contributed by atoms with Gasteiger partial charge in [0.1, 0.15) is 0 Å². The van der Waals surface area contributed by atoms with E-state index >= 15 is 0 Å². The average Bonchev–Trinajstić information content (AvgIpc) is 2.18. The van der Waals surface area contributed by atoms with Crippen LogP contribution in [-0.2, 0) is 0 Å². The average molecular weight is 191 g/mol. The summed E-state index contributed by atoms with van der Waals surface area (Å²) in [6.07, 6.45) is 2.78. The van der Waals surface area contributed by atoms with Crippen LogP contribution in [-0.4, -0.2) is 16.1 Å². The molecule has 1 rings (SSSR count). The molecule has 14 heavy (non-hydrogen) atoms. The summed E-state index contributed by atoms with van der Waals surface area (Å²) in [7, 11) is 0. The molecule has 0 saturated carbocycles. The molecule has 0 bridgehead atoms. The van der Waals surface area contributed by atoms with Gasteiger partial charge in [0.2, 0.25) is 0 Å². The molecule has 0 saturated heterocycles. The summed E-state index contributed by atoms with van der Waals surface area (Å²) in [6.45, 7) is 0. The minimum Gasteiger partial charge on any atom is -0.478 e. The maximum absolute atomic E-state index is 10.8. The molecule has 1 aromatic rings. The molecule has 72 valence electrons. The first-order valence-corrected chi connectivity index (χ1v) is 3.96. The van der Waals surface area contributed by atoms with Gasteiger partial charge in [0.15, 0.2) is 0 Å². The SMILES string of the molecule is N#CC[C@@H](N)c1ccncc1C(=O)O. The van der Waals surface area contributed by atoms with Gasteiger partial charge in [0.05, 0.1) is 18.1 Å². The minimum atomic E-state index is -1.08. The fraction of sp³-hybridized carbons (Fsp3) is 0.222. The second-order valence-corrected chi connectivity index (χ2v) is 2.74. The first-order chi connectivity index (χ1) is 6.66. The molecular weight excluding hydrogens is 182 g/mol. The first kappa shape index (κ1) is 10.2. The molecule has 0 aromatic carbocycles. The van der Waals surface area contributed by atoms with Gasteiger partial charge < -0.3 is 10.8 Å². The van der Waals surface area contributed by atoms with Crippen molar-refractivity contribution < 1.29 is 9.90 Å². The molecule has 1 aromatic heterocycles. The molecule has 0 radical (unpaired) electrons. The molecule has 0 aliphatic carbocycles. The lowest BCUT2D eigenvalue weighted by Crippen LogP contribution is -2.14. The van der Waals surface area contributed by atoms with Gasteiger partial charge in [-0.25, -0.2) is 4.79 Å². The molecule has 0 aliphatic heterocycles. The highest BCUT2D eigenvalue weighted by molar-refractivity contribution is 5.89. The Kier molecular flexibility index (Phi) is 3.15. The Hall–Kier alpha value is -1.93. The van der Waals surface area contributed by atoms with E-state index in [1.54, 1.807) is 0 Å². The smallest absolute Gasteiger partial charge is 0.337 e. The maximum atomic E-state index is 10.8. The zero-order chi connectivity index (χ0) is 10.6. The van der Waals surface area contributed by atoms with Gasteiger partial charge in [-0.1, -0.05) is 0 Å². The van der Waals surface area contributed by atoms with Gasteiger partial charge in [-0.05, 0) is 11.6 Å². The molecule has 3 N–H and O–H groups in total. The van der Waals surface area contributed by atoms with E-state index in [0.29, 0.717) is 5.56 Å². The number of carbonyl (C=O) groups is 1. The second-order valence-electron chi connectivity index (χ2n) is 2.74. The minimum absolute atomic E-state index is 0.0512. The van der Waals surface area contributed by atoms with Crippen molar-refractivity contribution in [1.82, 2.24) is 4.98 Å². The molecular formula is C9H9N3O2. The maximum Gasteiger partial charge on any atom is 0.337 e. The summed E-state index contributed by atoms with van der Waals surface area (Å²) in [6, 6.07) is 2.84. The van der Waals surface area contributed by atoms with Gasteiger partial charge in [-0.2, -0.15) is 5.26 Å². The normalized spacial score (nSPS) is 11.7. The van der Waals surface area contributed by atoms with Crippen LogP contribution in [0.15, 0.2) is 18.5 Å². The zero-order valence-corrected chi connectivity index (χ0v) is 7.34. The van der Waals surface area contributed by atoms with E-state index in [1.807, 2.05) is 6.07 Å². The van der Waals surface area contributed by atoms with Gasteiger partial charge in [0, 0.05) is 18.4 Å². The number of rotatable bonds is 3. The van der Waals surface area contributed by atoms with E-state index in [9.17, 15) is 4.79 Å². The molecule has 0 amide bonds. The predicted molar refractivity (Wildman–Crippen MR) is 48.4 cm³/mol. The van der Waals surface area contributed by atoms with E-state index < -0.39 is 12.0 Å². The lowest BCUT2D eigenvalue weighted by atomic mass is 10.0. The van der Waals surface area contributed by atoms with Crippen molar-refractivity contribution in [2.45, 2.75) is 12.5 Å². The lowest BCUT2D eigenvalue weighted by Gasteiger charge is -2.09. The molecule has 0 unspecified atom stereocenters. The van der Waals surface area contributed by atoms with Crippen molar-refractivity contribution >= 4 is 5.97 Å². The molecule has 0 fully saturated rings. The largest absolute Gasteiger partial charge is 0.478 e. The van der Waals surface area contributed by atoms with Crippen molar-refractivity contribution in [3.63, 3.8) is 0 Å². The number of pyridine rings is 1. The number of aromatic nitrogens is 1. The number of aromatic carboxylic acids is 1. The number of hydrogen-bond donors (Lipinski definition) is 2. The highest BCUT2D eigenvalue weighted by Crippen LogP contribution is 2.17. The summed E-state index contributed by atoms with van der Waals surface area (Å²) < 4.78 is 0. The van der Waals surface area contributed by atoms with E-state index in [1.165, 1.54) is 18.5 Å². The van der Waals surface area contributed by atoms with Gasteiger partial charge >= 0.3 is 5.97 Å². The van der Waals surface area contributed by atoms with Crippen molar-refractivity contribution in [3.05, 3.63) is 29.6 Å². The zero-order valence-electron chi connectivity index (χ0n) is 7.34. The molecule has 1 atom stereocenters. The Bertz CT molecular complexity index is 384. The topological polar surface area (TPSA) is 100 Å². The number of hydrogen-bond acceptors (Lipinski definition) is 4. The van der Waals surface area contributed by atoms with Crippen LogP contribution in [0.1, 0.15) is 28.4 Å². The van der Waals surface area contributed by atoms with Crippen molar-refractivity contribution in [3.8, 4) is 6.07 Å². The summed E-state index contributed by atoms with van der Waals surface area (Å²) in [5.41, 5.74) is 6.12. The third kappa shape index (κ3) is 2.06. The number of nitrogens with zero attached hydrogens (tertiary/aromatic N) is 2. The van der Waals surface area contributed by atoms with Gasteiger partial charge in [-0.3, -0.25) is 4.98 Å². The number of nitriles is 1. The van der Waals surface area contributed by atoms with Crippen LogP contribution in [0.5, 0.6) is 0 Å². The molecule has 5 nitrogen and oxygen atoms in total. The third-order valence-electron chi connectivity index (χ3n) is 1.80. The van der Waals surface area contributed by atoms with Crippen LogP contribution in [0.2, 0.25) is 0 Å². The summed E-state index contributed by atoms with van der Waals surface area (Å²) in [5, 5.41) is 17.2. The summed E-state index contributed by atoms with van der Waals surface area (Å²) in [5.74, 6) is -1.08. The van der Waals surface area contributed by atoms with Gasteiger partial charge in [-0.15, -0.1) is 0 Å². The lowest BCUT2D eigenvalue weighted by molar-refractivity contribution is 0.0694. The molecule has 0 spiro atoms. The van der Waals surface area contributed by atoms with E-state index in [2.05, 4.69) is 4.98 Å². The van der Waals surface area contributed by atoms with E-state index in [4.69, 9.17) is 16.1 Å². The van der Waals surface area contributed by atoms with Crippen LogP contribution in [0.3, 0.4) is 0 Å². The molecule has 0 aliphatic rings. The molecule has 1 heterocycles. The summed E-state index contributed by atoms with van der Waals surface area (Å²) in [4.78, 5) is 14.4. The Labute approximate surface area is 80.8 Å². The fourth-order valence-electron chi connectivity index (χ4n) is 1.12. The fourth-order valence-corrected chi connectivity index (χ4v) is 1.12.